The largest absolute Gasteiger partial charge is 0.309 e. The Morgan fingerprint density at radius 1 is 0.286 bits per heavy atom. The highest BCUT2D eigenvalue weighted by molar-refractivity contribution is 8.34. The quantitative estimate of drug-likeness (QED) is 0.144. The van der Waals surface area contributed by atoms with E-state index in [0.717, 1.165) is 5.69 Å². The Balaban J connectivity index is 1.09. The molecule has 11 aromatic carbocycles. The molecule has 0 spiro atoms. The zero-order valence-corrected chi connectivity index (χ0v) is 39.9. The normalized spacial score (nSPS) is 15.5. The third-order valence-corrected chi connectivity index (χ3v) is 22.3. The van der Waals surface area contributed by atoms with Crippen LogP contribution in [0.2, 0.25) is 0 Å². The van der Waals surface area contributed by atoms with Crippen LogP contribution in [0.25, 0.3) is 66.1 Å². The van der Waals surface area contributed by atoms with Crippen LogP contribution < -0.4 is 0 Å². The summed E-state index contributed by atoms with van der Waals surface area (Å²) in [5, 5.41) is 4.99. The first-order valence-electron chi connectivity index (χ1n) is 24.0. The van der Waals surface area contributed by atoms with Gasteiger partial charge in [0.15, 0.2) is 0 Å². The predicted molar refractivity (Wildman–Crippen MR) is 294 cm³/mol. The fraction of sp³-hybridized carbons (Fsp3) is 0. The fourth-order valence-electron chi connectivity index (χ4n) is 11.5. The Hall–Kier alpha value is -8.28. The van der Waals surface area contributed by atoms with Crippen LogP contribution in [0.3, 0.4) is 0 Å². The van der Waals surface area contributed by atoms with Crippen LogP contribution >= 0.6 is 20.1 Å². The summed E-state index contributed by atoms with van der Waals surface area (Å²) in [7, 11) is -4.01. The molecule has 4 heteroatoms. The second-order valence-electron chi connectivity index (χ2n) is 18.1. The van der Waals surface area contributed by atoms with Crippen LogP contribution in [-0.2, 0) is 0 Å². The minimum absolute atomic E-state index is 1.16. The van der Waals surface area contributed by atoms with E-state index in [0.29, 0.717) is 0 Å². The molecule has 0 saturated carbocycles. The van der Waals surface area contributed by atoms with Crippen LogP contribution in [0.1, 0.15) is 0 Å². The number of hydrogen-bond donors (Lipinski definition) is 0. The van der Waals surface area contributed by atoms with Gasteiger partial charge in [-0.15, -0.1) is 20.1 Å². The lowest BCUT2D eigenvalue weighted by Gasteiger charge is -2.46. The van der Waals surface area contributed by atoms with E-state index in [2.05, 4.69) is 288 Å². The number of hydrogen-bond acceptors (Lipinski definition) is 0. The summed E-state index contributed by atoms with van der Waals surface area (Å²) in [6, 6.07) is 105. The minimum atomic E-state index is -2.10. The van der Waals surface area contributed by atoms with Gasteiger partial charge < -0.3 is 9.13 Å². The second kappa shape index (κ2) is 16.2. The lowest BCUT2D eigenvalue weighted by atomic mass is 10.1. The first kappa shape index (κ1) is 40.8. The Labute approximate surface area is 411 Å². The molecule has 0 radical (unpaired) electrons. The van der Waals surface area contributed by atoms with Crippen molar-refractivity contribution in [3.05, 3.63) is 279 Å². The minimum Gasteiger partial charge on any atom is -0.309 e. The van der Waals surface area contributed by atoms with E-state index in [1.54, 1.807) is 0 Å². The number of para-hydroxylation sites is 3. The van der Waals surface area contributed by atoms with Gasteiger partial charge in [0, 0.05) is 66.4 Å². The van der Waals surface area contributed by atoms with Crippen molar-refractivity contribution in [2.75, 3.05) is 0 Å². The Bertz CT molecular complexity index is 3990. The molecule has 0 saturated heterocycles. The third-order valence-electron chi connectivity index (χ3n) is 14.4. The Kier molecular flexibility index (Phi) is 9.42. The molecule has 0 bridgehead atoms. The summed E-state index contributed by atoms with van der Waals surface area (Å²) in [6.45, 7) is 0. The Morgan fingerprint density at radius 2 is 0.757 bits per heavy atom. The van der Waals surface area contributed by atoms with Crippen molar-refractivity contribution >= 4 is 63.7 Å². The molecule has 0 fully saturated rings. The molecule has 70 heavy (non-hydrogen) atoms. The van der Waals surface area contributed by atoms with Gasteiger partial charge in [-0.2, -0.15) is 0 Å². The van der Waals surface area contributed by atoms with Gasteiger partial charge in [-0.1, -0.05) is 164 Å². The van der Waals surface area contributed by atoms with Gasteiger partial charge in [0.05, 0.1) is 27.8 Å². The van der Waals surface area contributed by atoms with Crippen molar-refractivity contribution in [3.8, 4) is 22.5 Å². The van der Waals surface area contributed by atoms with Crippen molar-refractivity contribution < 1.29 is 0 Å². The molecular weight excluding hydrogens is 885 g/mol. The number of fused-ring (bicyclic) bond motifs is 8. The highest BCUT2D eigenvalue weighted by Crippen LogP contribution is 2.78. The molecule has 3 heterocycles. The molecule has 332 valence electrons. The molecule has 1 unspecified atom stereocenters. The van der Waals surface area contributed by atoms with E-state index in [1.807, 2.05) is 0 Å². The number of aromatic nitrogens is 2. The van der Waals surface area contributed by atoms with Gasteiger partial charge in [0.25, 0.3) is 0 Å². The summed E-state index contributed by atoms with van der Waals surface area (Å²) in [6.07, 6.45) is 0. The summed E-state index contributed by atoms with van der Waals surface area (Å²) < 4.78 is 5.11. The maximum atomic E-state index is 2.56. The lowest BCUT2D eigenvalue weighted by Crippen LogP contribution is -2.15. The summed E-state index contributed by atoms with van der Waals surface area (Å²) in [4.78, 5) is 10.6. The molecule has 2 aromatic heterocycles. The van der Waals surface area contributed by atoms with E-state index in [-0.39, 0.29) is 0 Å². The summed E-state index contributed by atoms with van der Waals surface area (Å²) in [5.41, 5.74) is 9.70. The van der Waals surface area contributed by atoms with Gasteiger partial charge in [0.2, 0.25) is 0 Å². The molecule has 0 amide bonds. The molecule has 0 aliphatic carbocycles. The topological polar surface area (TPSA) is 9.86 Å². The average Bonchev–Trinajstić information content (AvgIpc) is 3.96. The van der Waals surface area contributed by atoms with Crippen LogP contribution in [0.15, 0.2) is 318 Å². The van der Waals surface area contributed by atoms with Gasteiger partial charge in [-0.3, -0.25) is 0 Å². The van der Waals surface area contributed by atoms with Crippen molar-refractivity contribution in [1.29, 1.82) is 0 Å². The number of benzene rings is 11. The number of nitrogens with zero attached hydrogens (tertiary/aromatic N) is 2. The first-order valence-corrected chi connectivity index (χ1v) is 27.2. The molecule has 14 rings (SSSR count). The molecular formula is C66H46N2S2. The van der Waals surface area contributed by atoms with Gasteiger partial charge >= 0.3 is 0 Å². The smallest absolute Gasteiger partial charge is 0.0673 e. The van der Waals surface area contributed by atoms with E-state index >= 15 is 0 Å². The fourth-order valence-corrected chi connectivity index (χ4v) is 19.6. The van der Waals surface area contributed by atoms with Crippen LogP contribution in [0.5, 0.6) is 0 Å². The maximum Gasteiger partial charge on any atom is 0.0673 e. The molecule has 13 aromatic rings. The molecule has 1 aliphatic rings. The Morgan fingerprint density at radius 3 is 1.39 bits per heavy atom. The zero-order chi connectivity index (χ0) is 46.2. The molecule has 2 nitrogen and oxygen atoms in total. The maximum absolute atomic E-state index is 2.56. The van der Waals surface area contributed by atoms with Gasteiger partial charge in [0.1, 0.15) is 0 Å². The van der Waals surface area contributed by atoms with Gasteiger partial charge in [-0.25, -0.2) is 0 Å². The first-order chi connectivity index (χ1) is 34.7. The van der Waals surface area contributed by atoms with Gasteiger partial charge in [-0.05, 0) is 126 Å². The van der Waals surface area contributed by atoms with E-state index in [1.165, 1.54) is 99.6 Å². The number of rotatable bonds is 8. The molecule has 1 atom stereocenters. The van der Waals surface area contributed by atoms with Crippen molar-refractivity contribution in [2.45, 2.75) is 39.2 Å². The average molecular weight is 931 g/mol. The summed E-state index contributed by atoms with van der Waals surface area (Å²) in [5.74, 6) is 0. The predicted octanol–water partition coefficient (Wildman–Crippen LogP) is 18.5. The standard InChI is InChI=1S/C66H46N2S2/c1-6-22-47(23-7-1)48-38-40-54(41-39-48)70(53-30-14-5-15-31-53)64-37-21-20-36-63(64)68-61-35-19-17-33-57(61)59-44-49(45-65(70)66(59)68)67-60-34-18-16-32-56(60)58-46-55(42-43-62(58)67)69(50-24-8-2-9-25-50,51-26-10-3-11-27-51)52-28-12-4-13-29-52/h1-46H. The molecule has 0 N–H and O–H groups in total. The zero-order valence-electron chi connectivity index (χ0n) is 38.3. The van der Waals surface area contributed by atoms with Crippen LogP contribution in [-0.4, -0.2) is 9.13 Å². The van der Waals surface area contributed by atoms with Crippen molar-refractivity contribution in [3.63, 3.8) is 0 Å². The van der Waals surface area contributed by atoms with E-state index in [9.17, 15) is 0 Å². The van der Waals surface area contributed by atoms with E-state index in [4.69, 9.17) is 0 Å². The monoisotopic (exact) mass is 930 g/mol. The van der Waals surface area contributed by atoms with Crippen molar-refractivity contribution in [2.24, 2.45) is 0 Å². The summed E-state index contributed by atoms with van der Waals surface area (Å²) >= 11 is 0. The van der Waals surface area contributed by atoms with Crippen molar-refractivity contribution in [1.82, 2.24) is 9.13 Å². The second-order valence-corrected chi connectivity index (χ2v) is 24.2. The molecule has 1 aliphatic heterocycles. The SMILES string of the molecule is c1ccc(-c2ccc(S3(c4ccccc4)c4ccccc4-n4c5ccccc5c5cc(-n6c7ccccc7c7cc(S(c8ccccc8)(c8ccccc8)c8ccccc8)ccc76)cc3c54)cc2)cc1. The highest BCUT2D eigenvalue weighted by Gasteiger charge is 2.42. The van der Waals surface area contributed by atoms with Crippen LogP contribution in [0.4, 0.5) is 0 Å². The van der Waals surface area contributed by atoms with Crippen LogP contribution in [0, 0.1) is 0 Å². The lowest BCUT2D eigenvalue weighted by molar-refractivity contribution is 1.06. The van der Waals surface area contributed by atoms with E-state index < -0.39 is 20.1 Å². The third kappa shape index (κ3) is 5.84. The highest BCUT2D eigenvalue weighted by atomic mass is 32.3.